The van der Waals surface area contributed by atoms with E-state index in [4.69, 9.17) is 15.8 Å². The monoisotopic (exact) mass is 356 g/mol. The average molecular weight is 357 g/mol. The highest BCUT2D eigenvalue weighted by molar-refractivity contribution is 7.86. The Kier molecular flexibility index (Phi) is 5.04. The predicted molar refractivity (Wildman–Crippen MR) is 90.0 cm³/mol. The van der Waals surface area contributed by atoms with Crippen molar-refractivity contribution in [2.45, 2.75) is 49.5 Å². The fraction of sp³-hybridized carbons (Fsp3) is 0.471. The summed E-state index contributed by atoms with van der Waals surface area (Å²) in [6, 6.07) is 6.35. The lowest BCUT2D eigenvalue weighted by atomic mass is 9.76. The molecule has 3 atom stereocenters. The van der Waals surface area contributed by atoms with Crippen LogP contribution in [0.3, 0.4) is 0 Å². The highest BCUT2D eigenvalue weighted by Crippen LogP contribution is 2.40. The van der Waals surface area contributed by atoms with Gasteiger partial charge in [0.15, 0.2) is 5.78 Å². The number of aryl methyl sites for hydroxylation is 1. The van der Waals surface area contributed by atoms with Gasteiger partial charge in [0.1, 0.15) is 11.0 Å². The molecule has 0 bridgehead atoms. The molecule has 2 rings (SSSR count). The van der Waals surface area contributed by atoms with Gasteiger partial charge < -0.3 is 0 Å². The van der Waals surface area contributed by atoms with E-state index in [1.165, 1.54) is 19.1 Å². The summed E-state index contributed by atoms with van der Waals surface area (Å²) in [5.41, 5.74) is 1.77. The number of alkyl halides is 1. The Bertz CT molecular complexity index is 719. The van der Waals surface area contributed by atoms with E-state index in [0.717, 1.165) is 11.1 Å². The van der Waals surface area contributed by atoms with Crippen LogP contribution in [-0.4, -0.2) is 25.2 Å². The fourth-order valence-corrected chi connectivity index (χ4v) is 4.01. The standard InChI is InChI=1S/C17H21ClO4S/c1-11(2)13-9-15(19)17(4,18)16(10-13)22-23(20,21)14-7-5-12(3)6-8-14/h5-8,13,16H,1,9-10H2,2-4H3/t13-,16+,17+/m1/s1. The molecule has 0 radical (unpaired) electrons. The summed E-state index contributed by atoms with van der Waals surface area (Å²) in [5, 5.41) is 0. The van der Waals surface area contributed by atoms with Crippen LogP contribution in [0.25, 0.3) is 0 Å². The number of ketones is 1. The molecule has 1 aromatic rings. The quantitative estimate of drug-likeness (QED) is 0.469. The van der Waals surface area contributed by atoms with Gasteiger partial charge in [0.2, 0.25) is 0 Å². The molecular formula is C17H21ClO4S. The molecule has 23 heavy (non-hydrogen) atoms. The number of allylic oxidation sites excluding steroid dienone is 1. The summed E-state index contributed by atoms with van der Waals surface area (Å²) in [4.78, 5) is 11.0. The molecule has 0 aliphatic heterocycles. The number of benzene rings is 1. The molecule has 0 N–H and O–H groups in total. The van der Waals surface area contributed by atoms with Crippen molar-refractivity contribution in [1.29, 1.82) is 0 Å². The number of rotatable bonds is 4. The molecule has 0 heterocycles. The molecule has 0 saturated heterocycles. The normalized spacial score (nSPS) is 28.6. The van der Waals surface area contributed by atoms with Gasteiger partial charge in [-0.05, 0) is 45.2 Å². The molecule has 1 fully saturated rings. The molecule has 126 valence electrons. The van der Waals surface area contributed by atoms with E-state index >= 15 is 0 Å². The van der Waals surface area contributed by atoms with Crippen LogP contribution in [0.15, 0.2) is 41.3 Å². The Morgan fingerprint density at radius 3 is 2.43 bits per heavy atom. The van der Waals surface area contributed by atoms with Crippen LogP contribution >= 0.6 is 11.6 Å². The maximum Gasteiger partial charge on any atom is 0.297 e. The van der Waals surface area contributed by atoms with Crippen LogP contribution in [0.5, 0.6) is 0 Å². The molecular weight excluding hydrogens is 336 g/mol. The maximum absolute atomic E-state index is 12.5. The van der Waals surface area contributed by atoms with Crippen molar-refractivity contribution in [3.8, 4) is 0 Å². The second kappa shape index (κ2) is 6.38. The molecule has 4 nitrogen and oxygen atoms in total. The summed E-state index contributed by atoms with van der Waals surface area (Å²) in [5.74, 6) is -0.338. The van der Waals surface area contributed by atoms with Gasteiger partial charge >= 0.3 is 0 Å². The largest absolute Gasteiger partial charge is 0.298 e. The Balaban J connectivity index is 2.29. The van der Waals surface area contributed by atoms with Gasteiger partial charge in [-0.2, -0.15) is 8.42 Å². The molecule has 0 aromatic heterocycles. The Hall–Kier alpha value is -1.17. The Morgan fingerprint density at radius 2 is 1.91 bits per heavy atom. The zero-order valence-corrected chi connectivity index (χ0v) is 15.1. The third-order valence-electron chi connectivity index (χ3n) is 4.33. The lowest BCUT2D eigenvalue weighted by Gasteiger charge is -2.38. The molecule has 1 saturated carbocycles. The third kappa shape index (κ3) is 3.84. The summed E-state index contributed by atoms with van der Waals surface area (Å²) in [7, 11) is -3.99. The van der Waals surface area contributed by atoms with Gasteiger partial charge in [0.05, 0.1) is 4.90 Å². The van der Waals surface area contributed by atoms with E-state index < -0.39 is 21.1 Å². The first kappa shape index (κ1) is 18.2. The van der Waals surface area contributed by atoms with Crippen molar-refractivity contribution in [1.82, 2.24) is 0 Å². The van der Waals surface area contributed by atoms with Crippen molar-refractivity contribution in [2.75, 3.05) is 0 Å². The van der Waals surface area contributed by atoms with E-state index in [0.29, 0.717) is 6.42 Å². The first-order valence-corrected chi connectivity index (χ1v) is 9.20. The number of carbonyl (C=O) groups excluding carboxylic acids is 1. The minimum absolute atomic E-state index is 0.0560. The van der Waals surface area contributed by atoms with Crippen molar-refractivity contribution in [2.24, 2.45) is 5.92 Å². The number of hydrogen-bond acceptors (Lipinski definition) is 4. The molecule has 1 aliphatic rings. The van der Waals surface area contributed by atoms with Crippen LogP contribution in [-0.2, 0) is 19.1 Å². The second-order valence-electron chi connectivity index (χ2n) is 6.33. The first-order chi connectivity index (χ1) is 10.5. The van der Waals surface area contributed by atoms with Crippen molar-refractivity contribution in [3.05, 3.63) is 42.0 Å². The minimum Gasteiger partial charge on any atom is -0.298 e. The second-order valence-corrected chi connectivity index (χ2v) is 8.69. The van der Waals surface area contributed by atoms with Crippen molar-refractivity contribution in [3.63, 3.8) is 0 Å². The summed E-state index contributed by atoms with van der Waals surface area (Å²) in [6.07, 6.45) is -0.301. The van der Waals surface area contributed by atoms with Crippen LogP contribution < -0.4 is 0 Å². The zero-order valence-electron chi connectivity index (χ0n) is 13.5. The van der Waals surface area contributed by atoms with Crippen LogP contribution in [0, 0.1) is 12.8 Å². The van der Waals surface area contributed by atoms with Crippen LogP contribution in [0.4, 0.5) is 0 Å². The lowest BCUT2D eigenvalue weighted by molar-refractivity contribution is -0.127. The highest BCUT2D eigenvalue weighted by atomic mass is 35.5. The smallest absolute Gasteiger partial charge is 0.297 e. The van der Waals surface area contributed by atoms with Gasteiger partial charge in [-0.25, -0.2) is 0 Å². The van der Waals surface area contributed by atoms with Crippen LogP contribution in [0.1, 0.15) is 32.3 Å². The minimum atomic E-state index is -3.99. The fourth-order valence-electron chi connectivity index (χ4n) is 2.58. The molecule has 0 amide bonds. The van der Waals surface area contributed by atoms with E-state index in [1.807, 2.05) is 13.8 Å². The maximum atomic E-state index is 12.5. The van der Waals surface area contributed by atoms with Gasteiger partial charge in [-0.15, -0.1) is 11.6 Å². The molecule has 1 aromatic carbocycles. The SMILES string of the molecule is C=C(C)[C@@H]1CC(=O)[C@](C)(Cl)[C@@H](OS(=O)(=O)c2ccc(C)cc2)C1. The first-order valence-electron chi connectivity index (χ1n) is 7.41. The van der Waals surface area contributed by atoms with Crippen molar-refractivity contribution >= 4 is 27.5 Å². The van der Waals surface area contributed by atoms with Gasteiger partial charge in [0.25, 0.3) is 10.1 Å². The molecule has 6 heteroatoms. The van der Waals surface area contributed by atoms with Gasteiger partial charge in [0, 0.05) is 6.42 Å². The predicted octanol–water partition coefficient (Wildman–Crippen LogP) is 3.62. The summed E-state index contributed by atoms with van der Waals surface area (Å²) < 4.78 is 30.3. The van der Waals surface area contributed by atoms with Gasteiger partial charge in [-0.1, -0.05) is 29.8 Å². The molecule has 1 aliphatic carbocycles. The average Bonchev–Trinajstić information content (AvgIpc) is 2.44. The summed E-state index contributed by atoms with van der Waals surface area (Å²) in [6.45, 7) is 9.06. The topological polar surface area (TPSA) is 60.4 Å². The lowest BCUT2D eigenvalue weighted by Crippen LogP contribution is -2.50. The van der Waals surface area contributed by atoms with E-state index in [1.54, 1.807) is 12.1 Å². The number of Topliss-reactive ketones (excluding diaryl/α,β-unsaturated/α-hetero) is 1. The van der Waals surface area contributed by atoms with Crippen molar-refractivity contribution < 1.29 is 17.4 Å². The number of halogens is 1. The summed E-state index contributed by atoms with van der Waals surface area (Å²) >= 11 is 6.31. The third-order valence-corrected chi connectivity index (χ3v) is 6.12. The Labute approximate surface area is 142 Å². The van der Waals surface area contributed by atoms with Gasteiger partial charge in [-0.3, -0.25) is 8.98 Å². The van der Waals surface area contributed by atoms with Crippen LogP contribution in [0.2, 0.25) is 0 Å². The number of carbonyl (C=O) groups is 1. The number of hydrogen-bond donors (Lipinski definition) is 0. The van der Waals surface area contributed by atoms with E-state index in [2.05, 4.69) is 6.58 Å². The molecule has 0 spiro atoms. The molecule has 0 unspecified atom stereocenters. The highest BCUT2D eigenvalue weighted by Gasteiger charge is 2.48. The van der Waals surface area contributed by atoms with E-state index in [9.17, 15) is 13.2 Å². The Morgan fingerprint density at radius 1 is 1.35 bits per heavy atom. The zero-order chi connectivity index (χ0) is 17.4. The van der Waals surface area contributed by atoms with E-state index in [-0.39, 0.29) is 23.0 Å².